The second kappa shape index (κ2) is 7.17. The van der Waals surface area contributed by atoms with Crippen LogP contribution in [0.3, 0.4) is 0 Å². The van der Waals surface area contributed by atoms with E-state index in [1.807, 2.05) is 0 Å². The first kappa shape index (κ1) is 15.4. The molecule has 6 heteroatoms. The minimum atomic E-state index is -0.768. The Kier molecular flexibility index (Phi) is 5.27. The zero-order valence-electron chi connectivity index (χ0n) is 11.9. The molecule has 1 fully saturated rings. The van der Waals surface area contributed by atoms with Gasteiger partial charge in [-0.1, -0.05) is 12.1 Å². The zero-order valence-corrected chi connectivity index (χ0v) is 11.9. The lowest BCUT2D eigenvalue weighted by atomic mass is 10.1. The molecule has 1 aliphatic rings. The van der Waals surface area contributed by atoms with E-state index in [2.05, 4.69) is 10.6 Å². The maximum absolute atomic E-state index is 12.9. The standard InChI is InChI=1S/C15H19FN2O3/c1-21-15(20)13(9-10-4-6-11(16)7-5-10)18-14(19)12-3-2-8-17-12/h4-7,12-13,17H,2-3,8-9H2,1H3,(H,18,19)/t12-,13-/m0/s1. The van der Waals surface area contributed by atoms with E-state index in [-0.39, 0.29) is 24.2 Å². The van der Waals surface area contributed by atoms with Gasteiger partial charge in [-0.25, -0.2) is 9.18 Å². The number of carbonyl (C=O) groups is 2. The molecule has 1 saturated heterocycles. The van der Waals surface area contributed by atoms with Crippen LogP contribution >= 0.6 is 0 Å². The molecule has 1 aromatic carbocycles. The minimum absolute atomic E-state index is 0.204. The summed E-state index contributed by atoms with van der Waals surface area (Å²) in [6, 6.07) is 4.80. The van der Waals surface area contributed by atoms with Crippen molar-refractivity contribution in [3.05, 3.63) is 35.6 Å². The van der Waals surface area contributed by atoms with Gasteiger partial charge in [-0.05, 0) is 37.1 Å². The molecule has 0 bridgehead atoms. The normalized spacial score (nSPS) is 19.0. The summed E-state index contributed by atoms with van der Waals surface area (Å²) in [6.07, 6.45) is 1.97. The first-order valence-electron chi connectivity index (χ1n) is 6.96. The van der Waals surface area contributed by atoms with Gasteiger partial charge < -0.3 is 15.4 Å². The van der Waals surface area contributed by atoms with E-state index in [9.17, 15) is 14.0 Å². The highest BCUT2D eigenvalue weighted by Gasteiger charge is 2.27. The Hall–Kier alpha value is -1.95. The topological polar surface area (TPSA) is 67.4 Å². The Morgan fingerprint density at radius 2 is 2.14 bits per heavy atom. The van der Waals surface area contributed by atoms with Crippen molar-refractivity contribution >= 4 is 11.9 Å². The maximum atomic E-state index is 12.9. The number of nitrogens with one attached hydrogen (secondary N) is 2. The number of benzene rings is 1. The Labute approximate surface area is 122 Å². The van der Waals surface area contributed by atoms with E-state index in [4.69, 9.17) is 4.74 Å². The minimum Gasteiger partial charge on any atom is -0.467 e. The van der Waals surface area contributed by atoms with Gasteiger partial charge in [0.15, 0.2) is 0 Å². The molecule has 0 radical (unpaired) electrons. The predicted octanol–water partition coefficient (Wildman–Crippen LogP) is 0.778. The molecule has 0 saturated carbocycles. The third kappa shape index (κ3) is 4.26. The highest BCUT2D eigenvalue weighted by Crippen LogP contribution is 2.09. The summed E-state index contributed by atoms with van der Waals surface area (Å²) < 4.78 is 17.6. The molecule has 5 nitrogen and oxygen atoms in total. The summed E-state index contributed by atoms with van der Waals surface area (Å²) in [4.78, 5) is 23.9. The van der Waals surface area contributed by atoms with Crippen molar-refractivity contribution in [3.8, 4) is 0 Å². The Morgan fingerprint density at radius 1 is 1.43 bits per heavy atom. The Balaban J connectivity index is 2.01. The molecule has 1 aromatic rings. The van der Waals surface area contributed by atoms with E-state index >= 15 is 0 Å². The van der Waals surface area contributed by atoms with Gasteiger partial charge in [-0.15, -0.1) is 0 Å². The summed E-state index contributed by atoms with van der Waals surface area (Å²) >= 11 is 0. The summed E-state index contributed by atoms with van der Waals surface area (Å²) in [7, 11) is 1.28. The van der Waals surface area contributed by atoms with Crippen molar-refractivity contribution in [2.75, 3.05) is 13.7 Å². The predicted molar refractivity (Wildman–Crippen MR) is 75.1 cm³/mol. The lowest BCUT2D eigenvalue weighted by molar-refractivity contribution is -0.145. The molecule has 2 atom stereocenters. The van der Waals surface area contributed by atoms with Gasteiger partial charge in [0.2, 0.25) is 5.91 Å². The molecule has 1 aliphatic heterocycles. The van der Waals surface area contributed by atoms with Gasteiger partial charge >= 0.3 is 5.97 Å². The van der Waals surface area contributed by atoms with E-state index in [1.165, 1.54) is 19.2 Å². The van der Waals surface area contributed by atoms with E-state index in [0.717, 1.165) is 24.9 Å². The van der Waals surface area contributed by atoms with Crippen LogP contribution in [0, 0.1) is 5.82 Å². The monoisotopic (exact) mass is 294 g/mol. The largest absolute Gasteiger partial charge is 0.467 e. The van der Waals surface area contributed by atoms with Crippen LogP contribution < -0.4 is 10.6 Å². The molecular formula is C15H19FN2O3. The molecule has 0 aromatic heterocycles. The molecule has 21 heavy (non-hydrogen) atoms. The molecule has 2 rings (SSSR count). The Bertz CT molecular complexity index is 498. The maximum Gasteiger partial charge on any atom is 0.328 e. The number of rotatable bonds is 5. The second-order valence-corrected chi connectivity index (χ2v) is 5.06. The quantitative estimate of drug-likeness (QED) is 0.788. The van der Waals surface area contributed by atoms with Crippen LogP contribution in [0.25, 0.3) is 0 Å². The molecule has 1 heterocycles. The number of esters is 1. The molecule has 0 spiro atoms. The average Bonchev–Trinajstić information content (AvgIpc) is 3.02. The molecule has 0 aliphatic carbocycles. The number of halogens is 1. The van der Waals surface area contributed by atoms with Gasteiger partial charge in [-0.2, -0.15) is 0 Å². The lowest BCUT2D eigenvalue weighted by Crippen LogP contribution is -2.49. The van der Waals surface area contributed by atoms with Crippen molar-refractivity contribution in [1.82, 2.24) is 10.6 Å². The summed E-state index contributed by atoms with van der Waals surface area (Å²) in [5.41, 5.74) is 0.756. The number of carbonyl (C=O) groups excluding carboxylic acids is 2. The fourth-order valence-corrected chi connectivity index (χ4v) is 2.37. The van der Waals surface area contributed by atoms with Crippen LogP contribution in [0.15, 0.2) is 24.3 Å². The average molecular weight is 294 g/mol. The van der Waals surface area contributed by atoms with Gasteiger partial charge in [0, 0.05) is 6.42 Å². The van der Waals surface area contributed by atoms with Crippen molar-refractivity contribution < 1.29 is 18.7 Å². The number of hydrogen-bond donors (Lipinski definition) is 2. The second-order valence-electron chi connectivity index (χ2n) is 5.06. The highest BCUT2D eigenvalue weighted by molar-refractivity contribution is 5.87. The fraction of sp³-hybridized carbons (Fsp3) is 0.467. The SMILES string of the molecule is COC(=O)[C@H](Cc1ccc(F)cc1)NC(=O)[C@@H]1CCCN1. The molecule has 1 amide bonds. The van der Waals surface area contributed by atoms with Gasteiger partial charge in [-0.3, -0.25) is 4.79 Å². The lowest BCUT2D eigenvalue weighted by Gasteiger charge is -2.19. The van der Waals surface area contributed by atoms with Crippen LogP contribution in [0.4, 0.5) is 4.39 Å². The summed E-state index contributed by atoms with van der Waals surface area (Å²) in [6.45, 7) is 0.805. The van der Waals surface area contributed by atoms with Crippen molar-refractivity contribution in [2.24, 2.45) is 0 Å². The number of amides is 1. The van der Waals surface area contributed by atoms with Crippen LogP contribution in [0.5, 0.6) is 0 Å². The van der Waals surface area contributed by atoms with E-state index < -0.39 is 12.0 Å². The molecule has 2 N–H and O–H groups in total. The molecule has 0 unspecified atom stereocenters. The number of hydrogen-bond acceptors (Lipinski definition) is 4. The first-order valence-corrected chi connectivity index (χ1v) is 6.96. The number of ether oxygens (including phenoxy) is 1. The fourth-order valence-electron chi connectivity index (χ4n) is 2.37. The third-order valence-corrected chi connectivity index (χ3v) is 3.53. The smallest absolute Gasteiger partial charge is 0.328 e. The van der Waals surface area contributed by atoms with Crippen LogP contribution in [0.2, 0.25) is 0 Å². The van der Waals surface area contributed by atoms with Crippen molar-refractivity contribution in [3.63, 3.8) is 0 Å². The molecule has 114 valence electrons. The van der Waals surface area contributed by atoms with Crippen LogP contribution in [-0.2, 0) is 20.7 Å². The first-order chi connectivity index (χ1) is 10.1. The summed E-state index contributed by atoms with van der Waals surface area (Å²) in [5.74, 6) is -1.05. The highest BCUT2D eigenvalue weighted by atomic mass is 19.1. The van der Waals surface area contributed by atoms with Crippen LogP contribution in [-0.4, -0.2) is 37.6 Å². The van der Waals surface area contributed by atoms with Crippen molar-refractivity contribution in [2.45, 2.75) is 31.3 Å². The number of methoxy groups -OCH3 is 1. The van der Waals surface area contributed by atoms with Gasteiger partial charge in [0.05, 0.1) is 13.2 Å². The van der Waals surface area contributed by atoms with Crippen molar-refractivity contribution in [1.29, 1.82) is 0 Å². The van der Waals surface area contributed by atoms with Gasteiger partial charge in [0.1, 0.15) is 11.9 Å². The molecular weight excluding hydrogens is 275 g/mol. The Morgan fingerprint density at radius 3 is 2.71 bits per heavy atom. The van der Waals surface area contributed by atoms with E-state index in [0.29, 0.717) is 0 Å². The zero-order chi connectivity index (χ0) is 15.2. The van der Waals surface area contributed by atoms with Gasteiger partial charge in [0.25, 0.3) is 0 Å². The van der Waals surface area contributed by atoms with E-state index in [1.54, 1.807) is 12.1 Å². The summed E-state index contributed by atoms with van der Waals surface area (Å²) in [5, 5.41) is 5.78. The van der Waals surface area contributed by atoms with Crippen LogP contribution in [0.1, 0.15) is 18.4 Å². The third-order valence-electron chi connectivity index (χ3n) is 3.53.